The third-order valence-corrected chi connectivity index (χ3v) is 4.57. The van der Waals surface area contributed by atoms with Crippen LogP contribution in [0.2, 0.25) is 0 Å². The molecule has 0 spiro atoms. The van der Waals surface area contributed by atoms with Gasteiger partial charge in [-0.3, -0.25) is 4.79 Å². The minimum atomic E-state index is -0.158. The van der Waals surface area contributed by atoms with Crippen LogP contribution in [0.15, 0.2) is 12.1 Å². The van der Waals surface area contributed by atoms with Gasteiger partial charge in [0.15, 0.2) is 0 Å². The maximum Gasteiger partial charge on any atom is 0.236 e. The molecule has 1 atom stereocenters. The van der Waals surface area contributed by atoms with Crippen molar-refractivity contribution in [3.63, 3.8) is 0 Å². The molecular formula is C16H28N2OS. The molecule has 1 aromatic heterocycles. The van der Waals surface area contributed by atoms with Gasteiger partial charge in [0.2, 0.25) is 5.91 Å². The Morgan fingerprint density at radius 2 is 1.90 bits per heavy atom. The lowest BCUT2D eigenvalue weighted by Gasteiger charge is -2.16. The second kappa shape index (κ2) is 7.23. The molecule has 1 unspecified atom stereocenters. The van der Waals surface area contributed by atoms with E-state index >= 15 is 0 Å². The summed E-state index contributed by atoms with van der Waals surface area (Å²) in [6.07, 6.45) is 0. The molecular weight excluding hydrogens is 268 g/mol. The Labute approximate surface area is 127 Å². The van der Waals surface area contributed by atoms with E-state index in [-0.39, 0.29) is 17.4 Å². The Bertz CT molecular complexity index is 432. The van der Waals surface area contributed by atoms with Crippen molar-refractivity contribution in [3.05, 3.63) is 21.9 Å². The second-order valence-electron chi connectivity index (χ2n) is 6.76. The summed E-state index contributed by atoms with van der Waals surface area (Å²) in [5.41, 5.74) is 0.198. The highest BCUT2D eigenvalue weighted by atomic mass is 32.1. The molecule has 0 bridgehead atoms. The standard InChI is InChI=1S/C16H28N2OS/c1-11(2)9-18-15(19)12(3)17-10-13-7-8-14(20-13)16(4,5)6/h7-8,11-12,17H,9-10H2,1-6H3,(H,18,19). The van der Waals surface area contributed by atoms with Crippen LogP contribution in [-0.2, 0) is 16.8 Å². The molecule has 4 heteroatoms. The fraction of sp³-hybridized carbons (Fsp3) is 0.688. The minimum Gasteiger partial charge on any atom is -0.354 e. The lowest BCUT2D eigenvalue weighted by molar-refractivity contribution is -0.122. The highest BCUT2D eigenvalue weighted by Crippen LogP contribution is 2.29. The number of hydrogen-bond donors (Lipinski definition) is 2. The molecule has 0 radical (unpaired) electrons. The molecule has 0 aliphatic heterocycles. The first kappa shape index (κ1) is 17.2. The van der Waals surface area contributed by atoms with Gasteiger partial charge in [0.25, 0.3) is 0 Å². The summed E-state index contributed by atoms with van der Waals surface area (Å²) in [5.74, 6) is 0.559. The fourth-order valence-corrected chi connectivity index (χ4v) is 2.70. The number of rotatable bonds is 6. The lowest BCUT2D eigenvalue weighted by atomic mass is 9.95. The van der Waals surface area contributed by atoms with Crippen molar-refractivity contribution in [1.29, 1.82) is 0 Å². The molecule has 20 heavy (non-hydrogen) atoms. The summed E-state index contributed by atoms with van der Waals surface area (Å²) < 4.78 is 0. The molecule has 1 rings (SSSR count). The Morgan fingerprint density at radius 3 is 2.40 bits per heavy atom. The smallest absolute Gasteiger partial charge is 0.236 e. The van der Waals surface area contributed by atoms with Gasteiger partial charge in [0, 0.05) is 22.8 Å². The first-order valence-corrected chi connectivity index (χ1v) is 8.12. The van der Waals surface area contributed by atoms with Crippen molar-refractivity contribution in [1.82, 2.24) is 10.6 Å². The summed E-state index contributed by atoms with van der Waals surface area (Å²) in [5, 5.41) is 6.24. The molecule has 3 nitrogen and oxygen atoms in total. The molecule has 0 saturated carbocycles. The maximum atomic E-state index is 11.9. The molecule has 1 amide bonds. The monoisotopic (exact) mass is 296 g/mol. The Hall–Kier alpha value is -0.870. The molecule has 0 aliphatic carbocycles. The molecule has 0 aliphatic rings. The van der Waals surface area contributed by atoms with Crippen molar-refractivity contribution in [3.8, 4) is 0 Å². The van der Waals surface area contributed by atoms with Crippen molar-refractivity contribution in [2.75, 3.05) is 6.54 Å². The van der Waals surface area contributed by atoms with Crippen LogP contribution < -0.4 is 10.6 Å². The van der Waals surface area contributed by atoms with E-state index in [1.54, 1.807) is 0 Å². The predicted molar refractivity (Wildman–Crippen MR) is 87.2 cm³/mol. The van der Waals surface area contributed by atoms with Crippen LogP contribution >= 0.6 is 11.3 Å². The summed E-state index contributed by atoms with van der Waals surface area (Å²) in [4.78, 5) is 14.5. The number of nitrogens with one attached hydrogen (secondary N) is 2. The second-order valence-corrected chi connectivity index (χ2v) is 7.93. The van der Waals surface area contributed by atoms with Gasteiger partial charge in [0.05, 0.1) is 6.04 Å². The third kappa shape index (κ3) is 5.63. The summed E-state index contributed by atoms with van der Waals surface area (Å²) in [6.45, 7) is 14.2. The van der Waals surface area contributed by atoms with E-state index in [9.17, 15) is 4.79 Å². The van der Waals surface area contributed by atoms with Gasteiger partial charge in [-0.05, 0) is 30.4 Å². The quantitative estimate of drug-likeness (QED) is 0.845. The van der Waals surface area contributed by atoms with Crippen LogP contribution in [0, 0.1) is 5.92 Å². The van der Waals surface area contributed by atoms with E-state index in [1.165, 1.54) is 9.75 Å². The highest BCUT2D eigenvalue weighted by molar-refractivity contribution is 7.12. The van der Waals surface area contributed by atoms with Crippen LogP contribution in [0.1, 0.15) is 51.3 Å². The van der Waals surface area contributed by atoms with Gasteiger partial charge >= 0.3 is 0 Å². The van der Waals surface area contributed by atoms with Crippen LogP contribution in [0.3, 0.4) is 0 Å². The first-order chi connectivity index (χ1) is 9.20. The van der Waals surface area contributed by atoms with Crippen LogP contribution in [-0.4, -0.2) is 18.5 Å². The zero-order chi connectivity index (χ0) is 15.3. The van der Waals surface area contributed by atoms with Gasteiger partial charge in [-0.1, -0.05) is 34.6 Å². The molecule has 1 aromatic rings. The average molecular weight is 296 g/mol. The zero-order valence-electron chi connectivity index (χ0n) is 13.5. The normalized spacial score (nSPS) is 13.6. The minimum absolute atomic E-state index is 0.0753. The number of carbonyl (C=O) groups excluding carboxylic acids is 1. The molecule has 0 aromatic carbocycles. The Morgan fingerprint density at radius 1 is 1.25 bits per heavy atom. The predicted octanol–water partition coefficient (Wildman–Crippen LogP) is 3.30. The fourth-order valence-electron chi connectivity index (χ4n) is 1.68. The SMILES string of the molecule is CC(C)CNC(=O)C(C)NCc1ccc(C(C)(C)C)s1. The van der Waals surface area contributed by atoms with E-state index in [2.05, 4.69) is 57.4 Å². The van der Waals surface area contributed by atoms with E-state index in [0.717, 1.165) is 13.1 Å². The molecule has 0 saturated heterocycles. The number of carbonyl (C=O) groups is 1. The number of hydrogen-bond acceptors (Lipinski definition) is 3. The number of amides is 1. The maximum absolute atomic E-state index is 11.9. The zero-order valence-corrected chi connectivity index (χ0v) is 14.4. The van der Waals surface area contributed by atoms with Crippen LogP contribution in [0.5, 0.6) is 0 Å². The largest absolute Gasteiger partial charge is 0.354 e. The Kier molecular flexibility index (Phi) is 6.21. The first-order valence-electron chi connectivity index (χ1n) is 7.30. The lowest BCUT2D eigenvalue weighted by Crippen LogP contribution is -2.42. The van der Waals surface area contributed by atoms with Crippen molar-refractivity contribution in [2.45, 2.75) is 59.5 Å². The van der Waals surface area contributed by atoms with Crippen molar-refractivity contribution < 1.29 is 4.79 Å². The van der Waals surface area contributed by atoms with E-state index in [0.29, 0.717) is 5.92 Å². The third-order valence-electron chi connectivity index (χ3n) is 3.06. The summed E-state index contributed by atoms with van der Waals surface area (Å²) in [7, 11) is 0. The van der Waals surface area contributed by atoms with E-state index in [4.69, 9.17) is 0 Å². The van der Waals surface area contributed by atoms with Crippen molar-refractivity contribution >= 4 is 17.2 Å². The van der Waals surface area contributed by atoms with Gasteiger partial charge in [0.1, 0.15) is 0 Å². The van der Waals surface area contributed by atoms with Gasteiger partial charge in [-0.15, -0.1) is 11.3 Å². The molecule has 114 valence electrons. The average Bonchev–Trinajstić information content (AvgIpc) is 2.81. The highest BCUT2D eigenvalue weighted by Gasteiger charge is 2.17. The van der Waals surface area contributed by atoms with Crippen LogP contribution in [0.25, 0.3) is 0 Å². The van der Waals surface area contributed by atoms with Crippen molar-refractivity contribution in [2.24, 2.45) is 5.92 Å². The van der Waals surface area contributed by atoms with E-state index < -0.39 is 0 Å². The molecule has 2 N–H and O–H groups in total. The van der Waals surface area contributed by atoms with Gasteiger partial charge < -0.3 is 10.6 Å². The summed E-state index contributed by atoms with van der Waals surface area (Å²) >= 11 is 1.82. The number of thiophene rings is 1. The Balaban J connectivity index is 2.43. The molecule has 0 fully saturated rings. The van der Waals surface area contributed by atoms with E-state index in [1.807, 2.05) is 18.3 Å². The van der Waals surface area contributed by atoms with Gasteiger partial charge in [-0.2, -0.15) is 0 Å². The topological polar surface area (TPSA) is 41.1 Å². The summed E-state index contributed by atoms with van der Waals surface area (Å²) in [6, 6.07) is 4.18. The molecule has 1 heterocycles. The van der Waals surface area contributed by atoms with Gasteiger partial charge in [-0.25, -0.2) is 0 Å². The van der Waals surface area contributed by atoms with Crippen LogP contribution in [0.4, 0.5) is 0 Å².